The van der Waals surface area contributed by atoms with Crippen molar-refractivity contribution in [2.24, 2.45) is 0 Å². The maximum atomic E-state index is 9.39. The number of nitrogens with zero attached hydrogens (tertiary/aromatic N) is 1. The molecule has 1 saturated heterocycles. The highest BCUT2D eigenvalue weighted by Gasteiger charge is 2.21. The molecule has 1 aromatic heterocycles. The van der Waals surface area contributed by atoms with Crippen LogP contribution in [0.5, 0.6) is 0 Å². The highest BCUT2D eigenvalue weighted by atomic mass is 32.1. The molecule has 3 nitrogen and oxygen atoms in total. The topological polar surface area (TPSA) is 35.5 Å². The first kappa shape index (κ1) is 10.1. The zero-order valence-electron chi connectivity index (χ0n) is 8.15. The van der Waals surface area contributed by atoms with E-state index in [1.54, 1.807) is 11.3 Å². The quantitative estimate of drug-likeness (QED) is 0.773. The van der Waals surface area contributed by atoms with Crippen LogP contribution in [-0.4, -0.2) is 42.8 Å². The summed E-state index contributed by atoms with van der Waals surface area (Å²) in [4.78, 5) is 3.62. The lowest BCUT2D eigenvalue weighted by molar-refractivity contribution is 0.113. The van der Waals surface area contributed by atoms with Gasteiger partial charge in [-0.3, -0.25) is 4.90 Å². The van der Waals surface area contributed by atoms with Gasteiger partial charge >= 0.3 is 0 Å². The maximum Gasteiger partial charge on any atom is 0.0675 e. The van der Waals surface area contributed by atoms with Crippen molar-refractivity contribution in [1.82, 2.24) is 10.2 Å². The molecule has 0 saturated carbocycles. The van der Waals surface area contributed by atoms with Gasteiger partial charge in [-0.1, -0.05) is 6.07 Å². The largest absolute Gasteiger partial charge is 0.394 e. The smallest absolute Gasteiger partial charge is 0.0675 e. The molecule has 14 heavy (non-hydrogen) atoms. The van der Waals surface area contributed by atoms with E-state index in [1.807, 2.05) is 6.07 Å². The van der Waals surface area contributed by atoms with Crippen LogP contribution in [0.4, 0.5) is 0 Å². The molecule has 0 radical (unpaired) electrons. The van der Waals surface area contributed by atoms with Crippen molar-refractivity contribution in [1.29, 1.82) is 0 Å². The van der Waals surface area contributed by atoms with E-state index in [0.717, 1.165) is 26.2 Å². The molecule has 78 valence electrons. The molecule has 2 rings (SSSR count). The van der Waals surface area contributed by atoms with Gasteiger partial charge in [-0.25, -0.2) is 0 Å². The molecule has 1 unspecified atom stereocenters. The van der Waals surface area contributed by atoms with E-state index in [4.69, 9.17) is 0 Å². The Labute approximate surface area is 88.4 Å². The number of nitrogens with one attached hydrogen (secondary N) is 1. The first-order valence-corrected chi connectivity index (χ1v) is 5.89. The molecule has 1 aliphatic heterocycles. The number of piperazine rings is 1. The van der Waals surface area contributed by atoms with Crippen LogP contribution in [0.3, 0.4) is 0 Å². The van der Waals surface area contributed by atoms with E-state index < -0.39 is 0 Å². The zero-order chi connectivity index (χ0) is 9.80. The summed E-state index contributed by atoms with van der Waals surface area (Å²) in [5, 5.41) is 14.8. The minimum Gasteiger partial charge on any atom is -0.394 e. The average Bonchev–Trinajstić information content (AvgIpc) is 2.74. The van der Waals surface area contributed by atoms with E-state index in [2.05, 4.69) is 21.7 Å². The Morgan fingerprint density at radius 3 is 2.86 bits per heavy atom. The van der Waals surface area contributed by atoms with Crippen molar-refractivity contribution in [3.05, 3.63) is 22.4 Å². The van der Waals surface area contributed by atoms with Gasteiger partial charge in [0.05, 0.1) is 12.6 Å². The van der Waals surface area contributed by atoms with Crippen LogP contribution in [-0.2, 0) is 0 Å². The Hall–Kier alpha value is -0.420. The Balaban J connectivity index is 2.04. The lowest BCUT2D eigenvalue weighted by Gasteiger charge is -2.33. The zero-order valence-corrected chi connectivity index (χ0v) is 8.96. The van der Waals surface area contributed by atoms with Crippen molar-refractivity contribution < 1.29 is 5.11 Å². The second-order valence-electron chi connectivity index (χ2n) is 3.50. The predicted molar refractivity (Wildman–Crippen MR) is 58.6 cm³/mol. The average molecular weight is 212 g/mol. The second-order valence-corrected chi connectivity index (χ2v) is 4.48. The Bertz CT molecular complexity index is 257. The summed E-state index contributed by atoms with van der Waals surface area (Å²) in [5.74, 6) is 0. The second kappa shape index (κ2) is 4.89. The van der Waals surface area contributed by atoms with Crippen molar-refractivity contribution >= 4 is 11.3 Å². The van der Waals surface area contributed by atoms with Gasteiger partial charge in [-0.05, 0) is 11.4 Å². The molecular formula is C10H16N2OS. The van der Waals surface area contributed by atoms with Gasteiger partial charge in [0.1, 0.15) is 0 Å². The van der Waals surface area contributed by atoms with Crippen LogP contribution >= 0.6 is 11.3 Å². The fourth-order valence-corrected chi connectivity index (χ4v) is 2.71. The molecule has 2 heterocycles. The minimum absolute atomic E-state index is 0.206. The van der Waals surface area contributed by atoms with Crippen LogP contribution in [0.1, 0.15) is 10.9 Å². The van der Waals surface area contributed by atoms with E-state index in [0.29, 0.717) is 0 Å². The molecule has 1 atom stereocenters. The molecule has 0 aliphatic carbocycles. The van der Waals surface area contributed by atoms with Gasteiger partial charge in [0, 0.05) is 31.1 Å². The van der Waals surface area contributed by atoms with E-state index in [-0.39, 0.29) is 12.6 Å². The number of aliphatic hydroxyl groups is 1. The van der Waals surface area contributed by atoms with Gasteiger partial charge in [0.15, 0.2) is 0 Å². The molecule has 0 bridgehead atoms. The molecule has 1 fully saturated rings. The fourth-order valence-electron chi connectivity index (χ4n) is 1.86. The van der Waals surface area contributed by atoms with Crippen LogP contribution in [0.15, 0.2) is 17.5 Å². The first-order chi connectivity index (χ1) is 6.92. The summed E-state index contributed by atoms with van der Waals surface area (Å²) in [5.41, 5.74) is 0. The van der Waals surface area contributed by atoms with Crippen LogP contribution in [0, 0.1) is 0 Å². The van der Waals surface area contributed by atoms with Gasteiger partial charge < -0.3 is 10.4 Å². The molecule has 1 aliphatic rings. The number of rotatable bonds is 3. The molecular weight excluding hydrogens is 196 g/mol. The lowest BCUT2D eigenvalue weighted by atomic mass is 10.2. The Morgan fingerprint density at radius 2 is 2.29 bits per heavy atom. The summed E-state index contributed by atoms with van der Waals surface area (Å²) < 4.78 is 0. The third kappa shape index (κ3) is 2.15. The van der Waals surface area contributed by atoms with Crippen molar-refractivity contribution in [2.75, 3.05) is 32.8 Å². The van der Waals surface area contributed by atoms with Crippen molar-refractivity contribution in [3.8, 4) is 0 Å². The fraction of sp³-hybridized carbons (Fsp3) is 0.600. The lowest BCUT2D eigenvalue weighted by Crippen LogP contribution is -2.45. The third-order valence-corrected chi connectivity index (χ3v) is 3.61. The van der Waals surface area contributed by atoms with Crippen LogP contribution in [0.2, 0.25) is 0 Å². The van der Waals surface area contributed by atoms with Gasteiger partial charge in [-0.15, -0.1) is 11.3 Å². The normalized spacial score (nSPS) is 20.9. The molecule has 4 heteroatoms. The summed E-state index contributed by atoms with van der Waals surface area (Å²) in [6.07, 6.45) is 0. The first-order valence-electron chi connectivity index (χ1n) is 5.01. The Kier molecular flexibility index (Phi) is 3.53. The molecule has 0 spiro atoms. The molecule has 0 amide bonds. The SMILES string of the molecule is OCC(c1cccs1)N1CCNCC1. The van der Waals surface area contributed by atoms with Crippen molar-refractivity contribution in [2.45, 2.75) is 6.04 Å². The monoisotopic (exact) mass is 212 g/mol. The van der Waals surface area contributed by atoms with Crippen LogP contribution in [0.25, 0.3) is 0 Å². The Morgan fingerprint density at radius 1 is 1.50 bits per heavy atom. The summed E-state index contributed by atoms with van der Waals surface area (Å²) in [7, 11) is 0. The standard InChI is InChI=1S/C10H16N2OS/c13-8-9(10-2-1-7-14-10)12-5-3-11-4-6-12/h1-2,7,9,11,13H,3-6,8H2. The highest BCUT2D eigenvalue weighted by molar-refractivity contribution is 7.10. The van der Waals surface area contributed by atoms with E-state index in [9.17, 15) is 5.11 Å². The maximum absolute atomic E-state index is 9.39. The summed E-state index contributed by atoms with van der Waals surface area (Å²) in [6.45, 7) is 4.34. The van der Waals surface area contributed by atoms with Crippen LogP contribution < -0.4 is 5.32 Å². The van der Waals surface area contributed by atoms with Crippen molar-refractivity contribution in [3.63, 3.8) is 0 Å². The van der Waals surface area contributed by atoms with E-state index in [1.165, 1.54) is 4.88 Å². The number of hydrogen-bond acceptors (Lipinski definition) is 4. The molecule has 0 aromatic carbocycles. The summed E-state index contributed by atoms with van der Waals surface area (Å²) >= 11 is 1.73. The van der Waals surface area contributed by atoms with Gasteiger partial charge in [0.25, 0.3) is 0 Å². The van der Waals surface area contributed by atoms with Gasteiger partial charge in [0.2, 0.25) is 0 Å². The number of thiophene rings is 1. The molecule has 2 N–H and O–H groups in total. The number of hydrogen-bond donors (Lipinski definition) is 2. The highest BCUT2D eigenvalue weighted by Crippen LogP contribution is 2.24. The summed E-state index contributed by atoms with van der Waals surface area (Å²) in [6, 6.07) is 4.36. The predicted octanol–water partition coefficient (Wildman–Crippen LogP) is 0.687. The van der Waals surface area contributed by atoms with E-state index >= 15 is 0 Å². The van der Waals surface area contributed by atoms with Gasteiger partial charge in [-0.2, -0.15) is 0 Å². The molecule has 1 aromatic rings. The minimum atomic E-state index is 0.206. The third-order valence-electron chi connectivity index (χ3n) is 2.64. The number of aliphatic hydroxyl groups excluding tert-OH is 1.